The molecule has 2 rings (SSSR count). The Kier molecular flexibility index (Phi) is 2.95. The van der Waals surface area contributed by atoms with Gasteiger partial charge in [0.1, 0.15) is 11.5 Å². The van der Waals surface area contributed by atoms with Crippen molar-refractivity contribution in [1.82, 2.24) is 15.5 Å². The molecule has 0 unspecified atom stereocenters. The quantitative estimate of drug-likeness (QED) is 0.872. The maximum Gasteiger partial charge on any atom is 0.307 e. The maximum absolute atomic E-state index is 11.7. The van der Waals surface area contributed by atoms with E-state index in [0.717, 1.165) is 11.3 Å². The molecule has 0 aliphatic heterocycles. The van der Waals surface area contributed by atoms with Crippen LogP contribution in [-0.2, 0) is 6.54 Å². The standard InChI is InChI=1S/C11H13N3O3/c1-6-4-13-11(16-6)10(15)12-5-9-7(2)14-17-8(9)3/h4H,5H2,1-3H3,(H,12,15). The Morgan fingerprint density at radius 2 is 2.18 bits per heavy atom. The summed E-state index contributed by atoms with van der Waals surface area (Å²) in [6.45, 7) is 5.71. The first-order valence-corrected chi connectivity index (χ1v) is 5.20. The highest BCUT2D eigenvalue weighted by molar-refractivity contribution is 5.89. The van der Waals surface area contributed by atoms with Crippen molar-refractivity contribution in [2.45, 2.75) is 27.3 Å². The second-order valence-corrected chi connectivity index (χ2v) is 3.76. The smallest absolute Gasteiger partial charge is 0.307 e. The molecule has 0 spiro atoms. The number of oxazole rings is 1. The second kappa shape index (κ2) is 4.40. The zero-order chi connectivity index (χ0) is 12.4. The van der Waals surface area contributed by atoms with Crippen molar-refractivity contribution >= 4 is 5.91 Å². The van der Waals surface area contributed by atoms with Gasteiger partial charge in [0, 0.05) is 12.1 Å². The van der Waals surface area contributed by atoms with Crippen LogP contribution in [0.5, 0.6) is 0 Å². The Labute approximate surface area is 98.0 Å². The molecule has 2 aromatic rings. The second-order valence-electron chi connectivity index (χ2n) is 3.76. The maximum atomic E-state index is 11.7. The van der Waals surface area contributed by atoms with Gasteiger partial charge in [0.15, 0.2) is 0 Å². The Balaban J connectivity index is 2.02. The van der Waals surface area contributed by atoms with Gasteiger partial charge in [-0.2, -0.15) is 0 Å². The number of carbonyl (C=O) groups is 1. The fourth-order valence-corrected chi connectivity index (χ4v) is 1.46. The zero-order valence-corrected chi connectivity index (χ0v) is 9.90. The van der Waals surface area contributed by atoms with E-state index in [1.54, 1.807) is 13.8 Å². The van der Waals surface area contributed by atoms with Crippen molar-refractivity contribution in [2.75, 3.05) is 0 Å². The first-order chi connectivity index (χ1) is 8.08. The van der Waals surface area contributed by atoms with Gasteiger partial charge in [-0.3, -0.25) is 4.79 Å². The predicted molar refractivity (Wildman–Crippen MR) is 58.4 cm³/mol. The van der Waals surface area contributed by atoms with E-state index >= 15 is 0 Å². The van der Waals surface area contributed by atoms with Crippen molar-refractivity contribution in [3.05, 3.63) is 34.9 Å². The molecule has 2 aromatic heterocycles. The number of rotatable bonds is 3. The van der Waals surface area contributed by atoms with Gasteiger partial charge in [0.25, 0.3) is 5.89 Å². The largest absolute Gasteiger partial charge is 0.438 e. The van der Waals surface area contributed by atoms with E-state index in [1.165, 1.54) is 6.20 Å². The zero-order valence-electron chi connectivity index (χ0n) is 9.90. The molecule has 0 aliphatic carbocycles. The van der Waals surface area contributed by atoms with E-state index in [4.69, 9.17) is 8.94 Å². The molecule has 0 saturated heterocycles. The molecule has 6 nitrogen and oxygen atoms in total. The third-order valence-electron chi connectivity index (χ3n) is 2.42. The van der Waals surface area contributed by atoms with Crippen molar-refractivity contribution in [3.8, 4) is 0 Å². The molecular formula is C11H13N3O3. The van der Waals surface area contributed by atoms with Crippen molar-refractivity contribution in [1.29, 1.82) is 0 Å². The molecule has 17 heavy (non-hydrogen) atoms. The summed E-state index contributed by atoms with van der Waals surface area (Å²) in [5.41, 5.74) is 1.65. The molecule has 0 radical (unpaired) electrons. The highest BCUT2D eigenvalue weighted by Gasteiger charge is 2.14. The highest BCUT2D eigenvalue weighted by Crippen LogP contribution is 2.11. The van der Waals surface area contributed by atoms with Crippen LogP contribution in [0.4, 0.5) is 0 Å². The minimum Gasteiger partial charge on any atom is -0.438 e. The summed E-state index contributed by atoms with van der Waals surface area (Å²) in [6.07, 6.45) is 1.50. The van der Waals surface area contributed by atoms with E-state index in [9.17, 15) is 4.79 Å². The van der Waals surface area contributed by atoms with Crippen LogP contribution in [-0.4, -0.2) is 16.0 Å². The number of nitrogens with zero attached hydrogens (tertiary/aromatic N) is 2. The third kappa shape index (κ3) is 2.35. The van der Waals surface area contributed by atoms with Gasteiger partial charge in [-0.25, -0.2) is 4.98 Å². The highest BCUT2D eigenvalue weighted by atomic mass is 16.5. The SMILES string of the molecule is Cc1cnc(C(=O)NCc2c(C)noc2C)o1. The summed E-state index contributed by atoms with van der Waals surface area (Å²) < 4.78 is 10.1. The van der Waals surface area contributed by atoms with E-state index in [1.807, 2.05) is 6.92 Å². The number of amides is 1. The van der Waals surface area contributed by atoms with Crippen LogP contribution < -0.4 is 5.32 Å². The summed E-state index contributed by atoms with van der Waals surface area (Å²) in [7, 11) is 0. The minimum atomic E-state index is -0.349. The average Bonchev–Trinajstić information content (AvgIpc) is 2.84. The van der Waals surface area contributed by atoms with Crippen molar-refractivity contribution in [3.63, 3.8) is 0 Å². The van der Waals surface area contributed by atoms with E-state index in [0.29, 0.717) is 18.1 Å². The molecular weight excluding hydrogens is 222 g/mol. The van der Waals surface area contributed by atoms with Crippen LogP contribution in [0.3, 0.4) is 0 Å². The predicted octanol–water partition coefficient (Wildman–Crippen LogP) is 1.52. The molecule has 0 bridgehead atoms. The van der Waals surface area contributed by atoms with Gasteiger partial charge < -0.3 is 14.3 Å². The van der Waals surface area contributed by atoms with Gasteiger partial charge in [-0.05, 0) is 20.8 Å². The lowest BCUT2D eigenvalue weighted by Crippen LogP contribution is -2.23. The normalized spacial score (nSPS) is 10.5. The van der Waals surface area contributed by atoms with Gasteiger partial charge in [-0.1, -0.05) is 5.16 Å². The lowest BCUT2D eigenvalue weighted by atomic mass is 10.2. The Hall–Kier alpha value is -2.11. The fraction of sp³-hybridized carbons (Fsp3) is 0.364. The van der Waals surface area contributed by atoms with Crippen LogP contribution in [0.1, 0.15) is 33.5 Å². The number of aromatic nitrogens is 2. The average molecular weight is 235 g/mol. The van der Waals surface area contributed by atoms with Crippen LogP contribution in [0.15, 0.2) is 15.1 Å². The van der Waals surface area contributed by atoms with Gasteiger partial charge >= 0.3 is 5.91 Å². The molecule has 6 heteroatoms. The molecule has 1 amide bonds. The Bertz CT molecular complexity index is 522. The summed E-state index contributed by atoms with van der Waals surface area (Å²) >= 11 is 0. The van der Waals surface area contributed by atoms with Gasteiger partial charge in [0.05, 0.1) is 11.9 Å². The number of nitrogens with one attached hydrogen (secondary N) is 1. The van der Waals surface area contributed by atoms with E-state index in [-0.39, 0.29) is 11.8 Å². The van der Waals surface area contributed by atoms with Crippen LogP contribution in [0, 0.1) is 20.8 Å². The monoisotopic (exact) mass is 235 g/mol. The molecule has 1 N–H and O–H groups in total. The number of hydrogen-bond donors (Lipinski definition) is 1. The molecule has 0 fully saturated rings. The Morgan fingerprint density at radius 3 is 2.71 bits per heavy atom. The van der Waals surface area contributed by atoms with E-state index < -0.39 is 0 Å². The minimum absolute atomic E-state index is 0.0641. The van der Waals surface area contributed by atoms with Crippen molar-refractivity contribution < 1.29 is 13.7 Å². The first kappa shape index (κ1) is 11.4. The van der Waals surface area contributed by atoms with Crippen LogP contribution >= 0.6 is 0 Å². The summed E-state index contributed by atoms with van der Waals surface area (Å²) in [5.74, 6) is 1.02. The number of carbonyl (C=O) groups excluding carboxylic acids is 1. The summed E-state index contributed by atoms with van der Waals surface area (Å²) in [4.78, 5) is 15.5. The number of aryl methyl sites for hydroxylation is 3. The molecule has 0 aromatic carbocycles. The summed E-state index contributed by atoms with van der Waals surface area (Å²) in [6, 6.07) is 0. The molecule has 90 valence electrons. The first-order valence-electron chi connectivity index (χ1n) is 5.20. The summed E-state index contributed by atoms with van der Waals surface area (Å²) in [5, 5.41) is 6.51. The van der Waals surface area contributed by atoms with Crippen molar-refractivity contribution in [2.24, 2.45) is 0 Å². The fourth-order valence-electron chi connectivity index (χ4n) is 1.46. The topological polar surface area (TPSA) is 81.2 Å². The molecule has 0 saturated carbocycles. The molecule has 2 heterocycles. The number of hydrogen-bond acceptors (Lipinski definition) is 5. The Morgan fingerprint density at radius 1 is 1.41 bits per heavy atom. The van der Waals surface area contributed by atoms with E-state index in [2.05, 4.69) is 15.5 Å². The lowest BCUT2D eigenvalue weighted by molar-refractivity contribution is 0.0915. The van der Waals surface area contributed by atoms with Crippen LogP contribution in [0.2, 0.25) is 0 Å². The van der Waals surface area contributed by atoms with Crippen LogP contribution in [0.25, 0.3) is 0 Å². The van der Waals surface area contributed by atoms with Gasteiger partial charge in [-0.15, -0.1) is 0 Å². The molecule has 0 atom stereocenters. The van der Waals surface area contributed by atoms with Gasteiger partial charge in [0.2, 0.25) is 0 Å². The third-order valence-corrected chi connectivity index (χ3v) is 2.42. The molecule has 0 aliphatic rings. The lowest BCUT2D eigenvalue weighted by Gasteiger charge is -2.01.